The Balaban J connectivity index is 2.84. The molecule has 0 fully saturated rings. The third-order valence-corrected chi connectivity index (χ3v) is 2.27. The van der Waals surface area contributed by atoms with E-state index in [0.717, 1.165) is 6.07 Å². The van der Waals surface area contributed by atoms with Gasteiger partial charge in [-0.1, -0.05) is 0 Å². The van der Waals surface area contributed by atoms with Crippen molar-refractivity contribution in [1.82, 2.24) is 0 Å². The van der Waals surface area contributed by atoms with Gasteiger partial charge in [-0.3, -0.25) is 0 Å². The molecular weight excluding hydrogens is 196 g/mol. The Hall–Kier alpha value is -2.10. The molecule has 0 spiro atoms. The molecule has 4 nitrogen and oxygen atoms in total. The van der Waals surface area contributed by atoms with Crippen molar-refractivity contribution >= 4 is 10.8 Å². The SMILES string of the molecule is COc1ccc2c(O)c(O)cc(O)c2c1. The average Bonchev–Trinajstić information content (AvgIpc) is 2.25. The highest BCUT2D eigenvalue weighted by atomic mass is 16.5. The Morgan fingerprint density at radius 2 is 1.67 bits per heavy atom. The second kappa shape index (κ2) is 3.24. The van der Waals surface area contributed by atoms with Gasteiger partial charge in [0.05, 0.1) is 7.11 Å². The van der Waals surface area contributed by atoms with E-state index in [1.165, 1.54) is 7.11 Å². The first kappa shape index (κ1) is 9.45. The predicted molar refractivity (Wildman–Crippen MR) is 55.5 cm³/mol. The molecule has 4 heteroatoms. The Morgan fingerprint density at radius 3 is 2.33 bits per heavy atom. The molecule has 0 aliphatic rings. The zero-order valence-corrected chi connectivity index (χ0v) is 8.06. The van der Waals surface area contributed by atoms with Crippen LogP contribution in [0.5, 0.6) is 23.0 Å². The fourth-order valence-electron chi connectivity index (χ4n) is 1.48. The van der Waals surface area contributed by atoms with Gasteiger partial charge in [0.1, 0.15) is 11.5 Å². The molecule has 0 saturated carbocycles. The zero-order valence-electron chi connectivity index (χ0n) is 8.06. The van der Waals surface area contributed by atoms with E-state index in [4.69, 9.17) is 4.74 Å². The third-order valence-electron chi connectivity index (χ3n) is 2.27. The van der Waals surface area contributed by atoms with Gasteiger partial charge in [0.2, 0.25) is 0 Å². The molecule has 15 heavy (non-hydrogen) atoms. The lowest BCUT2D eigenvalue weighted by Gasteiger charge is -2.07. The van der Waals surface area contributed by atoms with Crippen molar-refractivity contribution in [3.63, 3.8) is 0 Å². The van der Waals surface area contributed by atoms with Crippen LogP contribution in [0.2, 0.25) is 0 Å². The number of aromatic hydroxyl groups is 3. The van der Waals surface area contributed by atoms with Gasteiger partial charge in [-0.25, -0.2) is 0 Å². The number of rotatable bonds is 1. The van der Waals surface area contributed by atoms with Crippen molar-refractivity contribution in [3.05, 3.63) is 24.3 Å². The van der Waals surface area contributed by atoms with Crippen molar-refractivity contribution < 1.29 is 20.1 Å². The van der Waals surface area contributed by atoms with Crippen LogP contribution in [0, 0.1) is 0 Å². The van der Waals surface area contributed by atoms with E-state index in [2.05, 4.69) is 0 Å². The van der Waals surface area contributed by atoms with Crippen LogP contribution in [0.1, 0.15) is 0 Å². The molecule has 2 aromatic rings. The fourth-order valence-corrected chi connectivity index (χ4v) is 1.48. The minimum Gasteiger partial charge on any atom is -0.507 e. The van der Waals surface area contributed by atoms with Crippen LogP contribution < -0.4 is 4.74 Å². The summed E-state index contributed by atoms with van der Waals surface area (Å²) in [5.41, 5.74) is 0. The normalized spacial score (nSPS) is 10.5. The molecule has 0 atom stereocenters. The van der Waals surface area contributed by atoms with Crippen LogP contribution in [0.15, 0.2) is 24.3 Å². The number of hydrogen-bond acceptors (Lipinski definition) is 4. The van der Waals surface area contributed by atoms with E-state index in [-0.39, 0.29) is 17.2 Å². The Bertz CT molecular complexity index is 519. The van der Waals surface area contributed by atoms with Gasteiger partial charge in [-0.05, 0) is 18.2 Å². The lowest BCUT2D eigenvalue weighted by molar-refractivity contribution is 0.401. The molecule has 0 bridgehead atoms. The molecule has 0 aromatic heterocycles. The van der Waals surface area contributed by atoms with Gasteiger partial charge in [0, 0.05) is 16.8 Å². The molecule has 78 valence electrons. The van der Waals surface area contributed by atoms with Gasteiger partial charge >= 0.3 is 0 Å². The van der Waals surface area contributed by atoms with E-state index in [1.54, 1.807) is 18.2 Å². The number of phenols is 3. The number of methoxy groups -OCH3 is 1. The smallest absolute Gasteiger partial charge is 0.165 e. The molecular formula is C11H10O4. The molecule has 0 radical (unpaired) electrons. The molecule has 3 N–H and O–H groups in total. The summed E-state index contributed by atoms with van der Waals surface area (Å²) >= 11 is 0. The van der Waals surface area contributed by atoms with Crippen molar-refractivity contribution in [2.45, 2.75) is 0 Å². The van der Waals surface area contributed by atoms with E-state index < -0.39 is 0 Å². The summed E-state index contributed by atoms with van der Waals surface area (Å²) in [6.45, 7) is 0. The maximum atomic E-state index is 9.57. The molecule has 0 amide bonds. The number of phenolic OH excluding ortho intramolecular Hbond substituents is 3. The highest BCUT2D eigenvalue weighted by Crippen LogP contribution is 2.40. The highest BCUT2D eigenvalue weighted by Gasteiger charge is 2.10. The second-order valence-corrected chi connectivity index (χ2v) is 3.17. The Morgan fingerprint density at radius 1 is 0.933 bits per heavy atom. The third kappa shape index (κ3) is 1.40. The lowest BCUT2D eigenvalue weighted by Crippen LogP contribution is -1.83. The number of ether oxygens (including phenoxy) is 1. The summed E-state index contributed by atoms with van der Waals surface area (Å²) in [7, 11) is 1.51. The predicted octanol–water partition coefficient (Wildman–Crippen LogP) is 1.97. The second-order valence-electron chi connectivity index (χ2n) is 3.17. The zero-order chi connectivity index (χ0) is 11.0. The van der Waals surface area contributed by atoms with Crippen LogP contribution in [-0.4, -0.2) is 22.4 Å². The first-order valence-electron chi connectivity index (χ1n) is 4.35. The Labute approximate surface area is 86.0 Å². The van der Waals surface area contributed by atoms with Crippen LogP contribution >= 0.6 is 0 Å². The van der Waals surface area contributed by atoms with Crippen molar-refractivity contribution in [2.24, 2.45) is 0 Å². The average molecular weight is 206 g/mol. The van der Waals surface area contributed by atoms with Crippen LogP contribution in [-0.2, 0) is 0 Å². The topological polar surface area (TPSA) is 69.9 Å². The summed E-state index contributed by atoms with van der Waals surface area (Å²) in [6, 6.07) is 5.89. The van der Waals surface area contributed by atoms with Gasteiger partial charge in [0.25, 0.3) is 0 Å². The van der Waals surface area contributed by atoms with Gasteiger partial charge < -0.3 is 20.1 Å². The van der Waals surface area contributed by atoms with E-state index in [0.29, 0.717) is 16.5 Å². The van der Waals surface area contributed by atoms with Crippen LogP contribution in [0.3, 0.4) is 0 Å². The van der Waals surface area contributed by atoms with Crippen LogP contribution in [0.25, 0.3) is 10.8 Å². The largest absolute Gasteiger partial charge is 0.507 e. The maximum Gasteiger partial charge on any atom is 0.165 e. The summed E-state index contributed by atoms with van der Waals surface area (Å²) in [6.07, 6.45) is 0. The van der Waals surface area contributed by atoms with Crippen LogP contribution in [0.4, 0.5) is 0 Å². The Kier molecular flexibility index (Phi) is 2.04. The van der Waals surface area contributed by atoms with E-state index in [9.17, 15) is 15.3 Å². The number of hydrogen-bond donors (Lipinski definition) is 3. The molecule has 0 aliphatic carbocycles. The molecule has 2 aromatic carbocycles. The molecule has 2 rings (SSSR count). The number of fused-ring (bicyclic) bond motifs is 1. The molecule has 0 saturated heterocycles. The van der Waals surface area contributed by atoms with E-state index in [1.807, 2.05) is 0 Å². The minimum atomic E-state index is -0.342. The summed E-state index contributed by atoms with van der Waals surface area (Å²) in [5.74, 6) is -0.113. The van der Waals surface area contributed by atoms with Gasteiger partial charge in [-0.2, -0.15) is 0 Å². The van der Waals surface area contributed by atoms with Crippen molar-refractivity contribution in [3.8, 4) is 23.0 Å². The lowest BCUT2D eigenvalue weighted by atomic mass is 10.1. The minimum absolute atomic E-state index is 0.0980. The first-order valence-corrected chi connectivity index (χ1v) is 4.35. The quantitative estimate of drug-likeness (QED) is 0.492. The van der Waals surface area contributed by atoms with Crippen molar-refractivity contribution in [1.29, 1.82) is 0 Å². The molecule has 0 heterocycles. The van der Waals surface area contributed by atoms with Gasteiger partial charge in [-0.15, -0.1) is 0 Å². The fraction of sp³-hybridized carbons (Fsp3) is 0.0909. The summed E-state index contributed by atoms with van der Waals surface area (Å²) < 4.78 is 4.99. The van der Waals surface area contributed by atoms with Gasteiger partial charge in [0.15, 0.2) is 11.5 Å². The molecule has 0 unspecified atom stereocenters. The monoisotopic (exact) mass is 206 g/mol. The standard InChI is InChI=1S/C11H10O4/c1-15-6-2-3-7-8(4-6)9(12)5-10(13)11(7)14/h2-5,12-14H,1H3. The molecule has 0 aliphatic heterocycles. The number of benzene rings is 2. The maximum absolute atomic E-state index is 9.57. The van der Waals surface area contributed by atoms with Crippen molar-refractivity contribution in [2.75, 3.05) is 7.11 Å². The summed E-state index contributed by atoms with van der Waals surface area (Å²) in [5, 5.41) is 29.2. The first-order chi connectivity index (χ1) is 7.13. The summed E-state index contributed by atoms with van der Waals surface area (Å²) in [4.78, 5) is 0. The highest BCUT2D eigenvalue weighted by molar-refractivity contribution is 5.95. The van der Waals surface area contributed by atoms with E-state index >= 15 is 0 Å².